The first-order valence-electron chi connectivity index (χ1n) is 10.8. The summed E-state index contributed by atoms with van der Waals surface area (Å²) >= 11 is 6.37. The van der Waals surface area contributed by atoms with Gasteiger partial charge in [-0.05, 0) is 43.7 Å². The van der Waals surface area contributed by atoms with Crippen molar-refractivity contribution >= 4 is 28.4 Å². The van der Waals surface area contributed by atoms with Crippen LogP contribution in [0.2, 0.25) is 5.02 Å². The number of carbonyl (C=O) groups excluding carboxylic acids is 1. The Morgan fingerprint density at radius 3 is 2.74 bits per heavy atom. The molecule has 182 valence electrons. The van der Waals surface area contributed by atoms with Gasteiger partial charge in [0.05, 0.1) is 29.1 Å². The molecule has 0 radical (unpaired) electrons. The fraction of sp³-hybridized carbons (Fsp3) is 0.240. The lowest BCUT2D eigenvalue weighted by Crippen LogP contribution is -2.30. The van der Waals surface area contributed by atoms with E-state index in [1.165, 1.54) is 30.1 Å². The van der Waals surface area contributed by atoms with E-state index in [-0.39, 0.29) is 24.1 Å². The maximum Gasteiger partial charge on any atom is 0.246 e. The highest BCUT2D eigenvalue weighted by Crippen LogP contribution is 2.32. The molecule has 2 aromatic heterocycles. The summed E-state index contributed by atoms with van der Waals surface area (Å²) < 4.78 is 40.2. The van der Waals surface area contributed by atoms with E-state index in [1.807, 2.05) is 13.0 Å². The number of amides is 1. The van der Waals surface area contributed by atoms with Crippen molar-refractivity contribution in [1.82, 2.24) is 20.1 Å². The SMILES string of the molecule is COCC(=O)N[C@@H](C)c1cc(F)cc(Cl)c1COc1cccc2c(-n3cc(F)cn3)cc(C)nc12. The van der Waals surface area contributed by atoms with Gasteiger partial charge in [-0.25, -0.2) is 18.4 Å². The number of para-hydroxylation sites is 1. The Hall–Kier alpha value is -3.56. The average molecular weight is 501 g/mol. The van der Waals surface area contributed by atoms with Gasteiger partial charge in [-0.15, -0.1) is 0 Å². The summed E-state index contributed by atoms with van der Waals surface area (Å²) in [6.07, 6.45) is 2.41. The summed E-state index contributed by atoms with van der Waals surface area (Å²) in [5, 5.41) is 7.70. The maximum atomic E-state index is 14.2. The Bertz CT molecular complexity index is 1390. The van der Waals surface area contributed by atoms with E-state index in [1.54, 1.807) is 25.1 Å². The summed E-state index contributed by atoms with van der Waals surface area (Å²) in [6, 6.07) is 9.16. The van der Waals surface area contributed by atoms with Crippen LogP contribution < -0.4 is 10.1 Å². The smallest absolute Gasteiger partial charge is 0.246 e. The van der Waals surface area contributed by atoms with Crippen LogP contribution in [0.3, 0.4) is 0 Å². The zero-order valence-electron chi connectivity index (χ0n) is 19.3. The fourth-order valence-electron chi connectivity index (χ4n) is 3.87. The number of nitrogens with zero attached hydrogens (tertiary/aromatic N) is 3. The third kappa shape index (κ3) is 5.41. The van der Waals surface area contributed by atoms with Crippen molar-refractivity contribution in [2.24, 2.45) is 0 Å². The molecule has 0 spiro atoms. The van der Waals surface area contributed by atoms with Gasteiger partial charge < -0.3 is 14.8 Å². The van der Waals surface area contributed by atoms with E-state index in [4.69, 9.17) is 21.1 Å². The van der Waals surface area contributed by atoms with Gasteiger partial charge in [-0.3, -0.25) is 4.79 Å². The van der Waals surface area contributed by atoms with Crippen LogP contribution in [0, 0.1) is 18.6 Å². The molecule has 10 heteroatoms. The molecule has 0 saturated carbocycles. The van der Waals surface area contributed by atoms with Crippen molar-refractivity contribution in [1.29, 1.82) is 0 Å². The molecule has 0 aliphatic rings. The van der Waals surface area contributed by atoms with E-state index in [0.29, 0.717) is 39.2 Å². The van der Waals surface area contributed by atoms with E-state index in [2.05, 4.69) is 15.4 Å². The molecule has 2 heterocycles. The quantitative estimate of drug-likeness (QED) is 0.366. The largest absolute Gasteiger partial charge is 0.487 e. The van der Waals surface area contributed by atoms with E-state index < -0.39 is 17.7 Å². The molecule has 0 bridgehead atoms. The zero-order chi connectivity index (χ0) is 25.1. The van der Waals surface area contributed by atoms with Gasteiger partial charge in [0.25, 0.3) is 0 Å². The van der Waals surface area contributed by atoms with Gasteiger partial charge in [0.2, 0.25) is 5.91 Å². The number of benzene rings is 2. The van der Waals surface area contributed by atoms with Crippen LogP contribution in [0.25, 0.3) is 16.6 Å². The minimum Gasteiger partial charge on any atom is -0.487 e. The molecule has 1 N–H and O–H groups in total. The predicted octanol–water partition coefficient (Wildman–Crippen LogP) is 5.06. The highest BCUT2D eigenvalue weighted by molar-refractivity contribution is 6.31. The van der Waals surface area contributed by atoms with E-state index in [0.717, 1.165) is 6.20 Å². The Kier molecular flexibility index (Phi) is 7.28. The molecule has 35 heavy (non-hydrogen) atoms. The van der Waals surface area contributed by atoms with Gasteiger partial charge in [0.15, 0.2) is 5.82 Å². The van der Waals surface area contributed by atoms with Crippen LogP contribution >= 0.6 is 11.6 Å². The van der Waals surface area contributed by atoms with Crippen LogP contribution in [0.5, 0.6) is 5.75 Å². The minimum absolute atomic E-state index is 0.000594. The normalized spacial score (nSPS) is 12.1. The number of pyridine rings is 1. The first-order chi connectivity index (χ1) is 16.8. The topological polar surface area (TPSA) is 78.3 Å². The predicted molar refractivity (Wildman–Crippen MR) is 128 cm³/mol. The van der Waals surface area contributed by atoms with Crippen LogP contribution in [0.1, 0.15) is 29.8 Å². The van der Waals surface area contributed by atoms with Crippen molar-refractivity contribution in [3.8, 4) is 11.4 Å². The molecule has 4 aromatic rings. The molecule has 2 aromatic carbocycles. The second-order valence-corrected chi connectivity index (χ2v) is 8.41. The van der Waals surface area contributed by atoms with Crippen molar-refractivity contribution in [2.45, 2.75) is 26.5 Å². The first kappa shape index (κ1) is 24.6. The lowest BCUT2D eigenvalue weighted by molar-refractivity contribution is -0.125. The van der Waals surface area contributed by atoms with Crippen LogP contribution in [-0.2, 0) is 16.1 Å². The Labute approximate surface area is 205 Å². The Balaban J connectivity index is 1.69. The van der Waals surface area contributed by atoms with Gasteiger partial charge >= 0.3 is 0 Å². The second-order valence-electron chi connectivity index (χ2n) is 8.00. The van der Waals surface area contributed by atoms with Crippen molar-refractivity contribution in [3.05, 3.63) is 82.3 Å². The lowest BCUT2D eigenvalue weighted by atomic mass is 10.0. The van der Waals surface area contributed by atoms with E-state index in [9.17, 15) is 13.6 Å². The molecular formula is C25H23ClF2N4O3. The summed E-state index contributed by atoms with van der Waals surface area (Å²) in [6.45, 7) is 3.42. The monoisotopic (exact) mass is 500 g/mol. The van der Waals surface area contributed by atoms with Gasteiger partial charge in [0, 0.05) is 23.8 Å². The highest BCUT2D eigenvalue weighted by atomic mass is 35.5. The van der Waals surface area contributed by atoms with Crippen LogP contribution in [0.4, 0.5) is 8.78 Å². The van der Waals surface area contributed by atoms with Crippen molar-refractivity contribution in [3.63, 3.8) is 0 Å². The molecular weight excluding hydrogens is 478 g/mol. The number of rotatable bonds is 8. The van der Waals surface area contributed by atoms with Gasteiger partial charge in [0.1, 0.15) is 30.3 Å². The molecule has 0 fully saturated rings. The van der Waals surface area contributed by atoms with E-state index >= 15 is 0 Å². The standard InChI is InChI=1S/C25H23ClF2N4O3/c1-14-7-22(32-11-17(28)10-29-32)18-5-4-6-23(25(18)30-14)35-12-20-19(8-16(27)9-21(20)26)15(2)31-24(33)13-34-3/h4-11,15H,12-13H2,1-3H3,(H,31,33)/t15-/m0/s1. The third-order valence-corrected chi connectivity index (χ3v) is 5.73. The number of fused-ring (bicyclic) bond motifs is 1. The number of carbonyl (C=O) groups is 1. The molecule has 1 amide bonds. The first-order valence-corrected chi connectivity index (χ1v) is 11.1. The molecule has 1 atom stereocenters. The van der Waals surface area contributed by atoms with Crippen molar-refractivity contribution < 1.29 is 23.0 Å². The summed E-state index contributed by atoms with van der Waals surface area (Å²) in [5.74, 6) is -0.864. The number of aromatic nitrogens is 3. The molecule has 0 aliphatic carbocycles. The number of ether oxygens (including phenoxy) is 2. The molecule has 0 aliphatic heterocycles. The van der Waals surface area contributed by atoms with Crippen LogP contribution in [0.15, 0.2) is 48.8 Å². The van der Waals surface area contributed by atoms with Crippen LogP contribution in [-0.4, -0.2) is 34.4 Å². The molecule has 0 saturated heterocycles. The number of methoxy groups -OCH3 is 1. The zero-order valence-corrected chi connectivity index (χ0v) is 20.1. The Morgan fingerprint density at radius 1 is 1.23 bits per heavy atom. The van der Waals surface area contributed by atoms with Gasteiger partial charge in [-0.2, -0.15) is 5.10 Å². The third-order valence-electron chi connectivity index (χ3n) is 5.39. The summed E-state index contributed by atoms with van der Waals surface area (Å²) in [5.41, 5.74) is 2.90. The maximum absolute atomic E-state index is 14.2. The lowest BCUT2D eigenvalue weighted by Gasteiger charge is -2.20. The summed E-state index contributed by atoms with van der Waals surface area (Å²) in [4.78, 5) is 16.6. The second kappa shape index (κ2) is 10.4. The molecule has 7 nitrogen and oxygen atoms in total. The van der Waals surface area contributed by atoms with Crippen molar-refractivity contribution in [2.75, 3.05) is 13.7 Å². The number of hydrogen-bond donors (Lipinski definition) is 1. The number of aryl methyl sites for hydroxylation is 1. The minimum atomic E-state index is -0.543. The Morgan fingerprint density at radius 2 is 2.03 bits per heavy atom. The highest BCUT2D eigenvalue weighted by Gasteiger charge is 2.19. The van der Waals surface area contributed by atoms with Gasteiger partial charge in [-0.1, -0.05) is 23.7 Å². The number of hydrogen-bond acceptors (Lipinski definition) is 5. The fourth-order valence-corrected chi connectivity index (χ4v) is 4.14. The number of nitrogens with one attached hydrogen (secondary N) is 1. The summed E-state index contributed by atoms with van der Waals surface area (Å²) in [7, 11) is 1.41. The average Bonchev–Trinajstić information content (AvgIpc) is 3.23. The number of halogens is 3. The molecule has 0 unspecified atom stereocenters. The molecule has 4 rings (SSSR count).